The summed E-state index contributed by atoms with van der Waals surface area (Å²) in [6.45, 7) is 46.4. The van der Waals surface area contributed by atoms with E-state index in [1.54, 1.807) is 0 Å². The van der Waals surface area contributed by atoms with Crippen molar-refractivity contribution in [1.82, 2.24) is 0 Å². The third kappa shape index (κ3) is 7.47. The van der Waals surface area contributed by atoms with Gasteiger partial charge in [0.25, 0.3) is 0 Å². The minimum atomic E-state index is 1.22. The Morgan fingerprint density at radius 1 is 0.150 bits per heavy atom. The molecule has 0 nitrogen and oxygen atoms in total. The lowest BCUT2D eigenvalue weighted by atomic mass is 9.80. The van der Waals surface area contributed by atoms with Gasteiger partial charge in [0.15, 0.2) is 0 Å². The van der Waals surface area contributed by atoms with Gasteiger partial charge in [0.05, 0.1) is 0 Å². The molecule has 0 amide bonds. The highest BCUT2D eigenvalue weighted by atomic mass is 14.3. The molecular formula is C80H78. The molecule has 0 aliphatic heterocycles. The van der Waals surface area contributed by atoms with Gasteiger partial charge < -0.3 is 0 Å². The van der Waals surface area contributed by atoms with Gasteiger partial charge >= 0.3 is 0 Å². The Balaban J connectivity index is 1.21. The fourth-order valence-electron chi connectivity index (χ4n) is 14.8. The molecule has 0 saturated carbocycles. The van der Waals surface area contributed by atoms with Crippen molar-refractivity contribution < 1.29 is 0 Å². The number of rotatable bonds is 5. The van der Waals surface area contributed by atoms with Gasteiger partial charge in [-0.25, -0.2) is 0 Å². The highest BCUT2D eigenvalue weighted by Gasteiger charge is 2.25. The van der Waals surface area contributed by atoms with Crippen molar-refractivity contribution in [2.45, 2.75) is 138 Å². The van der Waals surface area contributed by atoms with Gasteiger partial charge in [-0.3, -0.25) is 0 Å². The molecule has 398 valence electrons. The smallest absolute Gasteiger partial charge is 0.00923 e. The number of hydrogen-bond donors (Lipinski definition) is 0. The summed E-state index contributed by atoms with van der Waals surface area (Å²) in [7, 11) is 0. The number of hydrogen-bond acceptors (Lipinski definition) is 0. The molecule has 0 unspecified atom stereocenters. The van der Waals surface area contributed by atoms with Crippen molar-refractivity contribution in [1.29, 1.82) is 0 Å². The topological polar surface area (TPSA) is 0 Å². The van der Waals surface area contributed by atoms with E-state index in [0.717, 1.165) is 0 Å². The van der Waals surface area contributed by atoms with E-state index in [9.17, 15) is 0 Å². The quantitative estimate of drug-likeness (QED) is 0.151. The Morgan fingerprint density at radius 2 is 0.338 bits per heavy atom. The zero-order valence-electron chi connectivity index (χ0n) is 51.4. The summed E-state index contributed by atoms with van der Waals surface area (Å²) in [6, 6.07) is 43.4. The fourth-order valence-corrected chi connectivity index (χ4v) is 14.8. The Morgan fingerprint density at radius 3 is 0.575 bits per heavy atom. The number of fused-ring (bicyclic) bond motifs is 10. The first-order valence-electron chi connectivity index (χ1n) is 29.2. The summed E-state index contributed by atoms with van der Waals surface area (Å²) in [5, 5.41) is 15.6. The van der Waals surface area contributed by atoms with E-state index in [1.165, 1.54) is 232 Å². The lowest BCUT2D eigenvalue weighted by Gasteiger charge is -2.24. The fraction of sp³-hybridized carbons (Fsp3) is 0.250. The van der Waals surface area contributed by atoms with Gasteiger partial charge in [0.1, 0.15) is 0 Å². The molecule has 12 rings (SSSR count). The first-order chi connectivity index (χ1) is 38.0. The summed E-state index contributed by atoms with van der Waals surface area (Å²) in [5.41, 5.74) is 40.6. The molecule has 0 atom stereocenters. The predicted octanol–water partition coefficient (Wildman–Crippen LogP) is 23.1. The Hall–Kier alpha value is -7.80. The van der Waals surface area contributed by atoms with Crippen LogP contribution in [0.5, 0.6) is 0 Å². The molecule has 0 spiro atoms. The van der Waals surface area contributed by atoms with Crippen molar-refractivity contribution in [3.05, 3.63) is 220 Å². The van der Waals surface area contributed by atoms with Gasteiger partial charge in [0.2, 0.25) is 0 Å². The van der Waals surface area contributed by atoms with Gasteiger partial charge in [-0.1, -0.05) is 72.8 Å². The minimum Gasteiger partial charge on any atom is -0.0616 e. The Bertz CT molecular complexity index is 4350. The molecule has 80 heavy (non-hydrogen) atoms. The van der Waals surface area contributed by atoms with E-state index in [2.05, 4.69) is 248 Å². The van der Waals surface area contributed by atoms with Crippen LogP contribution in [0.2, 0.25) is 0 Å². The molecule has 0 heterocycles. The molecule has 0 N–H and O–H groups in total. The molecule has 0 aliphatic carbocycles. The average molecular weight is 1040 g/mol. The first-order valence-corrected chi connectivity index (χ1v) is 29.2. The van der Waals surface area contributed by atoms with E-state index in [-0.39, 0.29) is 0 Å². The molecule has 0 heteroatoms. The highest BCUT2D eigenvalue weighted by molar-refractivity contribution is 6.27. The van der Waals surface area contributed by atoms with Crippen LogP contribution in [0.1, 0.15) is 111 Å². The maximum Gasteiger partial charge on any atom is -0.00923 e. The Kier molecular flexibility index (Phi) is 12.5. The minimum absolute atomic E-state index is 1.22. The van der Waals surface area contributed by atoms with Crippen LogP contribution in [0, 0.1) is 138 Å². The lowest BCUT2D eigenvalue weighted by molar-refractivity contribution is 1.18. The van der Waals surface area contributed by atoms with Crippen LogP contribution in [0.3, 0.4) is 0 Å². The molecule has 12 aromatic carbocycles. The molecule has 0 fully saturated rings. The van der Waals surface area contributed by atoms with E-state index < -0.39 is 0 Å². The largest absolute Gasteiger partial charge is 0.0616 e. The summed E-state index contributed by atoms with van der Waals surface area (Å²) in [6.07, 6.45) is 0. The Labute approximate surface area is 476 Å². The van der Waals surface area contributed by atoms with E-state index in [0.29, 0.717) is 0 Å². The van der Waals surface area contributed by atoms with Crippen molar-refractivity contribution in [3.8, 4) is 55.6 Å². The standard InChI is InChI=1S/C80H78/c1-39-43(5)51(13)77(52(14)44(39)6)73-35-71-65-31-29-59(33-67(65)75(37-69(71)61-25-21-23-27-63(61)73)79-55(17)47(9)41(3)48(10)56(79)18)60-30-32-66-68(34-60)76(80-57(19)49(11)42(4)50(12)58(80)20)38-70-62-26-22-24-28-64(62)74(36-72(66)70)78-53(15)45(7)40(2)46(8)54(78)16/h21-38H,1-20H3. The summed E-state index contributed by atoms with van der Waals surface area (Å²) in [4.78, 5) is 0. The van der Waals surface area contributed by atoms with Crippen LogP contribution in [-0.2, 0) is 0 Å². The van der Waals surface area contributed by atoms with Crippen molar-refractivity contribution in [2.24, 2.45) is 0 Å². The summed E-state index contributed by atoms with van der Waals surface area (Å²) in [5.74, 6) is 0. The molecule has 0 aliphatic rings. The van der Waals surface area contributed by atoms with Crippen LogP contribution in [0.25, 0.3) is 120 Å². The molecule has 0 bridgehead atoms. The molecule has 12 aromatic rings. The van der Waals surface area contributed by atoms with Crippen molar-refractivity contribution >= 4 is 64.6 Å². The number of benzene rings is 12. The van der Waals surface area contributed by atoms with E-state index in [4.69, 9.17) is 0 Å². The maximum absolute atomic E-state index is 2.56. The monoisotopic (exact) mass is 1040 g/mol. The molecule has 0 saturated heterocycles. The van der Waals surface area contributed by atoms with Gasteiger partial charge in [-0.2, -0.15) is 0 Å². The summed E-state index contributed by atoms with van der Waals surface area (Å²) < 4.78 is 0. The second kappa shape index (κ2) is 18.9. The van der Waals surface area contributed by atoms with Crippen LogP contribution >= 0.6 is 0 Å². The van der Waals surface area contributed by atoms with Crippen LogP contribution < -0.4 is 0 Å². The van der Waals surface area contributed by atoms with E-state index in [1.807, 2.05) is 0 Å². The van der Waals surface area contributed by atoms with Gasteiger partial charge in [-0.05, 0) is 406 Å². The highest BCUT2D eigenvalue weighted by Crippen LogP contribution is 2.50. The molecule has 0 radical (unpaired) electrons. The van der Waals surface area contributed by atoms with Crippen molar-refractivity contribution in [3.63, 3.8) is 0 Å². The second-order valence-corrected chi connectivity index (χ2v) is 24.5. The summed E-state index contributed by atoms with van der Waals surface area (Å²) >= 11 is 0. The third-order valence-corrected chi connectivity index (χ3v) is 21.4. The zero-order valence-corrected chi connectivity index (χ0v) is 51.4. The van der Waals surface area contributed by atoms with Crippen molar-refractivity contribution in [2.75, 3.05) is 0 Å². The average Bonchev–Trinajstić information content (AvgIpc) is 3.67. The zero-order chi connectivity index (χ0) is 57.0. The third-order valence-electron chi connectivity index (χ3n) is 21.4. The second-order valence-electron chi connectivity index (χ2n) is 24.5. The van der Waals surface area contributed by atoms with Gasteiger partial charge in [-0.15, -0.1) is 0 Å². The maximum atomic E-state index is 2.56. The molecular weight excluding hydrogens is 961 g/mol. The molecule has 0 aromatic heterocycles. The predicted molar refractivity (Wildman–Crippen MR) is 353 cm³/mol. The van der Waals surface area contributed by atoms with E-state index >= 15 is 0 Å². The van der Waals surface area contributed by atoms with Crippen LogP contribution in [0.15, 0.2) is 109 Å². The van der Waals surface area contributed by atoms with Crippen LogP contribution in [-0.4, -0.2) is 0 Å². The lowest BCUT2D eigenvalue weighted by Crippen LogP contribution is -2.01. The van der Waals surface area contributed by atoms with Gasteiger partial charge in [0, 0.05) is 0 Å². The normalized spacial score (nSPS) is 12.0. The SMILES string of the molecule is Cc1c(C)c(C)c(-c2cc3c4ccc(-c5ccc6c(c5)c(-c5c(C)c(C)c(C)c(C)c5C)cc5c7ccccc7c(-c7c(C)c(C)c(C)c(C)c7C)cc65)cc4c(-c4c(C)c(C)c(C)c(C)c4C)cc3c3ccccc23)c(C)c1C. The van der Waals surface area contributed by atoms with Crippen LogP contribution in [0.4, 0.5) is 0 Å². The first kappa shape index (κ1) is 52.9.